The van der Waals surface area contributed by atoms with E-state index in [0.29, 0.717) is 17.1 Å². The summed E-state index contributed by atoms with van der Waals surface area (Å²) in [5.41, 5.74) is 2.11. The number of rotatable bonds is 3. The van der Waals surface area contributed by atoms with Crippen LogP contribution in [0.2, 0.25) is 0 Å². The number of ether oxygens (including phenoxy) is 1. The summed E-state index contributed by atoms with van der Waals surface area (Å²) in [6.07, 6.45) is -4.73. The predicted molar refractivity (Wildman–Crippen MR) is 87.9 cm³/mol. The van der Waals surface area contributed by atoms with Crippen LogP contribution in [0.1, 0.15) is 5.56 Å². The number of aryl methyl sites for hydroxylation is 1. The zero-order valence-electron chi connectivity index (χ0n) is 11.7. The van der Waals surface area contributed by atoms with E-state index in [-0.39, 0.29) is 5.75 Å². The number of anilines is 2. The highest BCUT2D eigenvalue weighted by Crippen LogP contribution is 2.32. The van der Waals surface area contributed by atoms with Crippen molar-refractivity contribution >= 4 is 45.1 Å². The van der Waals surface area contributed by atoms with E-state index in [2.05, 4.69) is 37.8 Å². The fourth-order valence-corrected chi connectivity index (χ4v) is 2.64. The number of nitrogens with one attached hydrogen (secondary N) is 1. The number of hydrogen-bond acceptors (Lipinski definition) is 4. The van der Waals surface area contributed by atoms with E-state index in [1.54, 1.807) is 6.07 Å². The van der Waals surface area contributed by atoms with Gasteiger partial charge in [0.25, 0.3) is 0 Å². The molecule has 0 spiro atoms. The molecule has 0 aliphatic heterocycles. The number of benzene rings is 2. The molecule has 0 fully saturated rings. The van der Waals surface area contributed by atoms with Crippen LogP contribution >= 0.6 is 22.6 Å². The average molecular weight is 434 g/mol. The number of nitrogens with zero attached hydrogens (tertiary/aromatic N) is 1. The molecule has 0 atom stereocenters. The highest BCUT2D eigenvalue weighted by atomic mass is 127. The summed E-state index contributed by atoms with van der Waals surface area (Å²) in [5.74, 6) is 0.128. The van der Waals surface area contributed by atoms with Gasteiger partial charge in [-0.05, 0) is 53.3 Å². The SMILES string of the molecule is Cc1ccc2c(Nc3cccc(OC(F)(F)F)c3)noc2c1I. The zero-order chi connectivity index (χ0) is 16.6. The quantitative estimate of drug-likeness (QED) is 0.563. The summed E-state index contributed by atoms with van der Waals surface area (Å²) in [6, 6.07) is 9.32. The van der Waals surface area contributed by atoms with Crippen molar-refractivity contribution < 1.29 is 22.4 Å². The molecule has 0 radical (unpaired) electrons. The Balaban J connectivity index is 1.91. The number of fused-ring (bicyclic) bond motifs is 1. The van der Waals surface area contributed by atoms with Crippen LogP contribution in [-0.4, -0.2) is 11.5 Å². The van der Waals surface area contributed by atoms with Crippen molar-refractivity contribution in [2.45, 2.75) is 13.3 Å². The molecular formula is C15H10F3IN2O2. The van der Waals surface area contributed by atoms with Crippen LogP contribution in [0.4, 0.5) is 24.7 Å². The molecule has 1 aromatic heterocycles. The number of aromatic nitrogens is 1. The van der Waals surface area contributed by atoms with Gasteiger partial charge in [0.2, 0.25) is 0 Å². The Kier molecular flexibility index (Phi) is 4.09. The van der Waals surface area contributed by atoms with Crippen molar-refractivity contribution in [1.29, 1.82) is 0 Å². The first kappa shape index (κ1) is 15.9. The largest absolute Gasteiger partial charge is 0.573 e. The Bertz CT molecular complexity index is 862. The topological polar surface area (TPSA) is 47.3 Å². The first-order valence-corrected chi connectivity index (χ1v) is 7.59. The Morgan fingerprint density at radius 1 is 1.22 bits per heavy atom. The molecule has 0 saturated carbocycles. The van der Waals surface area contributed by atoms with E-state index in [1.807, 2.05) is 19.1 Å². The van der Waals surface area contributed by atoms with Gasteiger partial charge in [-0.1, -0.05) is 17.3 Å². The first-order chi connectivity index (χ1) is 10.8. The molecule has 8 heteroatoms. The second-order valence-electron chi connectivity index (χ2n) is 4.80. The van der Waals surface area contributed by atoms with Crippen LogP contribution in [0.15, 0.2) is 40.9 Å². The van der Waals surface area contributed by atoms with Crippen molar-refractivity contribution in [3.05, 3.63) is 45.5 Å². The predicted octanol–water partition coefficient (Wildman–Crippen LogP) is 5.38. The molecule has 2 aromatic carbocycles. The van der Waals surface area contributed by atoms with Crippen LogP contribution in [-0.2, 0) is 0 Å². The lowest BCUT2D eigenvalue weighted by molar-refractivity contribution is -0.274. The smallest absolute Gasteiger partial charge is 0.406 e. The van der Waals surface area contributed by atoms with Gasteiger partial charge in [0.1, 0.15) is 5.75 Å². The van der Waals surface area contributed by atoms with Crippen molar-refractivity contribution in [1.82, 2.24) is 5.16 Å². The molecule has 0 unspecified atom stereocenters. The highest BCUT2D eigenvalue weighted by molar-refractivity contribution is 14.1. The summed E-state index contributed by atoms with van der Waals surface area (Å²) >= 11 is 2.16. The fourth-order valence-electron chi connectivity index (χ4n) is 2.07. The van der Waals surface area contributed by atoms with Gasteiger partial charge in [-0.15, -0.1) is 13.2 Å². The Hall–Kier alpha value is -1.97. The molecule has 120 valence electrons. The van der Waals surface area contributed by atoms with Crippen molar-refractivity contribution in [3.8, 4) is 5.75 Å². The highest BCUT2D eigenvalue weighted by Gasteiger charge is 2.31. The van der Waals surface area contributed by atoms with Crippen LogP contribution in [0.5, 0.6) is 5.75 Å². The van der Waals surface area contributed by atoms with Gasteiger partial charge in [-0.2, -0.15) is 0 Å². The third-order valence-corrected chi connectivity index (χ3v) is 4.44. The van der Waals surface area contributed by atoms with Gasteiger partial charge in [0.15, 0.2) is 11.4 Å². The molecule has 0 aliphatic carbocycles. The third kappa shape index (κ3) is 3.52. The van der Waals surface area contributed by atoms with E-state index in [9.17, 15) is 13.2 Å². The summed E-state index contributed by atoms with van der Waals surface area (Å²) < 4.78 is 47.0. The summed E-state index contributed by atoms with van der Waals surface area (Å²) in [5, 5.41) is 7.64. The second kappa shape index (κ2) is 5.91. The minimum absolute atomic E-state index is 0.305. The maximum atomic E-state index is 12.3. The van der Waals surface area contributed by atoms with Crippen LogP contribution in [0.25, 0.3) is 11.0 Å². The van der Waals surface area contributed by atoms with Gasteiger partial charge in [0, 0.05) is 11.8 Å². The minimum Gasteiger partial charge on any atom is -0.406 e. The lowest BCUT2D eigenvalue weighted by atomic mass is 10.2. The summed E-state index contributed by atoms with van der Waals surface area (Å²) in [4.78, 5) is 0. The number of alkyl halides is 3. The molecule has 0 amide bonds. The van der Waals surface area contributed by atoms with Crippen LogP contribution in [0, 0.1) is 10.5 Å². The molecule has 0 bridgehead atoms. The van der Waals surface area contributed by atoms with E-state index in [4.69, 9.17) is 4.52 Å². The molecule has 0 aliphatic rings. The van der Waals surface area contributed by atoms with Gasteiger partial charge in [-0.25, -0.2) is 0 Å². The van der Waals surface area contributed by atoms with Crippen molar-refractivity contribution in [3.63, 3.8) is 0 Å². The van der Waals surface area contributed by atoms with E-state index in [1.165, 1.54) is 18.2 Å². The standard InChI is InChI=1S/C15H10F3IN2O2/c1-8-5-6-11-13(12(8)19)23-21-14(11)20-9-3-2-4-10(7-9)22-15(16,17)18/h2-7H,1H3,(H,20,21). The van der Waals surface area contributed by atoms with Gasteiger partial charge >= 0.3 is 6.36 Å². The Morgan fingerprint density at radius 2 is 2.00 bits per heavy atom. The summed E-state index contributed by atoms with van der Waals surface area (Å²) in [6.45, 7) is 1.95. The molecule has 3 rings (SSSR count). The Labute approximate surface area is 142 Å². The van der Waals surface area contributed by atoms with Crippen molar-refractivity contribution in [2.75, 3.05) is 5.32 Å². The lowest BCUT2D eigenvalue weighted by Gasteiger charge is -2.10. The second-order valence-corrected chi connectivity index (χ2v) is 5.88. The maximum absolute atomic E-state index is 12.3. The molecule has 1 N–H and O–H groups in total. The molecule has 3 aromatic rings. The number of halogens is 4. The fraction of sp³-hybridized carbons (Fsp3) is 0.133. The zero-order valence-corrected chi connectivity index (χ0v) is 13.9. The molecule has 1 heterocycles. The van der Waals surface area contributed by atoms with E-state index < -0.39 is 6.36 Å². The molecular weight excluding hydrogens is 424 g/mol. The number of hydrogen-bond donors (Lipinski definition) is 1. The molecule has 0 saturated heterocycles. The molecule has 4 nitrogen and oxygen atoms in total. The lowest BCUT2D eigenvalue weighted by Crippen LogP contribution is -2.17. The monoisotopic (exact) mass is 434 g/mol. The van der Waals surface area contributed by atoms with Crippen LogP contribution < -0.4 is 10.1 Å². The summed E-state index contributed by atoms with van der Waals surface area (Å²) in [7, 11) is 0. The minimum atomic E-state index is -4.73. The Morgan fingerprint density at radius 3 is 2.74 bits per heavy atom. The van der Waals surface area contributed by atoms with Crippen molar-refractivity contribution in [2.24, 2.45) is 0 Å². The normalized spacial score (nSPS) is 11.7. The van der Waals surface area contributed by atoms with E-state index in [0.717, 1.165) is 14.5 Å². The van der Waals surface area contributed by atoms with Gasteiger partial charge < -0.3 is 14.6 Å². The van der Waals surface area contributed by atoms with Crippen LogP contribution in [0.3, 0.4) is 0 Å². The van der Waals surface area contributed by atoms with Gasteiger partial charge in [-0.3, -0.25) is 0 Å². The van der Waals surface area contributed by atoms with Gasteiger partial charge in [0.05, 0.1) is 8.96 Å². The first-order valence-electron chi connectivity index (χ1n) is 6.51. The third-order valence-electron chi connectivity index (χ3n) is 3.10. The maximum Gasteiger partial charge on any atom is 0.573 e. The average Bonchev–Trinajstić information content (AvgIpc) is 2.85. The van der Waals surface area contributed by atoms with E-state index >= 15 is 0 Å². The molecule has 23 heavy (non-hydrogen) atoms.